The third-order valence-corrected chi connectivity index (χ3v) is 3.61. The topological polar surface area (TPSA) is 38.3 Å². The van der Waals surface area contributed by atoms with Gasteiger partial charge in [-0.3, -0.25) is 4.79 Å². The Morgan fingerprint density at radius 1 is 1.58 bits per heavy atom. The van der Waals surface area contributed by atoms with Gasteiger partial charge in [0.05, 0.1) is 6.10 Å². The van der Waals surface area contributed by atoms with Crippen LogP contribution in [0.5, 0.6) is 0 Å². The minimum Gasteiger partial charge on any atom is -0.366 e. The molecule has 2 unspecified atom stereocenters. The molecule has 0 aromatic carbocycles. The zero-order valence-electron chi connectivity index (χ0n) is 6.91. The molecule has 2 heterocycles. The lowest BCUT2D eigenvalue weighted by molar-refractivity contribution is -0.134. The molecule has 2 saturated heterocycles. The van der Waals surface area contributed by atoms with Crippen LogP contribution in [0.4, 0.5) is 0 Å². The van der Waals surface area contributed by atoms with Crippen molar-refractivity contribution in [3.05, 3.63) is 0 Å². The lowest BCUT2D eigenvalue weighted by atomic mass is 10.0. The molecule has 0 spiro atoms. The van der Waals surface area contributed by atoms with Gasteiger partial charge in [-0.1, -0.05) is 0 Å². The quantitative estimate of drug-likeness (QED) is 0.639. The van der Waals surface area contributed by atoms with E-state index in [1.165, 1.54) is 17.9 Å². The normalized spacial score (nSPS) is 36.5. The maximum absolute atomic E-state index is 10.8. The largest absolute Gasteiger partial charge is 0.366 e. The predicted molar refractivity (Wildman–Crippen MR) is 48.2 cm³/mol. The van der Waals surface area contributed by atoms with Crippen LogP contribution in [0.25, 0.3) is 0 Å². The number of carbonyl (C=O) groups excluding carboxylic acids is 1. The van der Waals surface area contributed by atoms with E-state index >= 15 is 0 Å². The first-order chi connectivity index (χ1) is 5.86. The molecule has 2 rings (SSSR count). The summed E-state index contributed by atoms with van der Waals surface area (Å²) in [7, 11) is 0. The second-order valence-corrected chi connectivity index (χ2v) is 4.43. The van der Waals surface area contributed by atoms with Gasteiger partial charge in [-0.25, -0.2) is 0 Å². The van der Waals surface area contributed by atoms with Crippen LogP contribution in [-0.2, 0) is 9.53 Å². The van der Waals surface area contributed by atoms with Gasteiger partial charge in [0.2, 0.25) is 5.91 Å². The highest BCUT2D eigenvalue weighted by Crippen LogP contribution is 2.28. The van der Waals surface area contributed by atoms with Gasteiger partial charge in [0.1, 0.15) is 6.61 Å². The van der Waals surface area contributed by atoms with Crippen LogP contribution in [0.2, 0.25) is 0 Å². The summed E-state index contributed by atoms with van der Waals surface area (Å²) in [4.78, 5) is 10.8. The average Bonchev–Trinajstić information content (AvgIpc) is 2.58. The van der Waals surface area contributed by atoms with E-state index in [0.29, 0.717) is 12.5 Å². The molecule has 1 N–H and O–H groups in total. The average molecular weight is 187 g/mol. The highest BCUT2D eigenvalue weighted by molar-refractivity contribution is 7.99. The first kappa shape index (κ1) is 8.38. The molecule has 0 aliphatic carbocycles. The van der Waals surface area contributed by atoms with Gasteiger partial charge in [0.15, 0.2) is 0 Å². The lowest BCUT2D eigenvalue weighted by Crippen LogP contribution is -2.46. The number of thioether (sulfide) groups is 1. The molecule has 2 aliphatic heterocycles. The fourth-order valence-corrected chi connectivity index (χ4v) is 2.98. The molecule has 0 radical (unpaired) electrons. The van der Waals surface area contributed by atoms with Crippen LogP contribution in [0.15, 0.2) is 0 Å². The first-order valence-corrected chi connectivity index (χ1v) is 5.48. The van der Waals surface area contributed by atoms with Crippen molar-refractivity contribution in [3.63, 3.8) is 0 Å². The summed E-state index contributed by atoms with van der Waals surface area (Å²) in [6, 6.07) is 0. The number of hydrogen-bond acceptors (Lipinski definition) is 3. The third-order valence-electron chi connectivity index (χ3n) is 2.42. The van der Waals surface area contributed by atoms with Crippen LogP contribution >= 0.6 is 11.8 Å². The standard InChI is InChI=1S/C8H13NO2S/c10-8-4-11-7(3-9-8)6-1-2-12-5-6/h6-7H,1-5H2,(H,9,10). The maximum atomic E-state index is 10.8. The van der Waals surface area contributed by atoms with Crippen molar-refractivity contribution in [1.82, 2.24) is 5.32 Å². The van der Waals surface area contributed by atoms with Crippen molar-refractivity contribution in [1.29, 1.82) is 0 Å². The Morgan fingerprint density at radius 3 is 3.08 bits per heavy atom. The molecule has 12 heavy (non-hydrogen) atoms. The number of ether oxygens (including phenoxy) is 1. The van der Waals surface area contributed by atoms with Gasteiger partial charge >= 0.3 is 0 Å². The predicted octanol–water partition coefficient (Wildman–Crippen LogP) is 0.255. The van der Waals surface area contributed by atoms with E-state index in [-0.39, 0.29) is 18.6 Å². The molecule has 2 aliphatic rings. The van der Waals surface area contributed by atoms with Crippen molar-refractivity contribution in [3.8, 4) is 0 Å². The third kappa shape index (κ3) is 1.75. The second kappa shape index (κ2) is 3.66. The molecule has 0 aromatic rings. The summed E-state index contributed by atoms with van der Waals surface area (Å²) in [5.74, 6) is 3.13. The van der Waals surface area contributed by atoms with Crippen molar-refractivity contribution in [2.75, 3.05) is 24.7 Å². The van der Waals surface area contributed by atoms with Crippen molar-refractivity contribution in [2.45, 2.75) is 12.5 Å². The second-order valence-electron chi connectivity index (χ2n) is 3.28. The summed E-state index contributed by atoms with van der Waals surface area (Å²) < 4.78 is 5.45. The minimum absolute atomic E-state index is 0.0249. The molecule has 2 fully saturated rings. The van der Waals surface area contributed by atoms with Crippen LogP contribution in [0, 0.1) is 5.92 Å². The molecule has 0 saturated carbocycles. The van der Waals surface area contributed by atoms with Gasteiger partial charge in [0, 0.05) is 6.54 Å². The van der Waals surface area contributed by atoms with Gasteiger partial charge in [-0.15, -0.1) is 0 Å². The van der Waals surface area contributed by atoms with Gasteiger partial charge in [0.25, 0.3) is 0 Å². The lowest BCUT2D eigenvalue weighted by Gasteiger charge is -2.27. The number of hydrogen-bond donors (Lipinski definition) is 1. The first-order valence-electron chi connectivity index (χ1n) is 4.32. The Bertz CT molecular complexity index is 170. The van der Waals surface area contributed by atoms with Gasteiger partial charge in [-0.2, -0.15) is 11.8 Å². The number of nitrogens with one attached hydrogen (secondary N) is 1. The fraction of sp³-hybridized carbons (Fsp3) is 0.875. The molecule has 2 atom stereocenters. The molecule has 68 valence electrons. The van der Waals surface area contributed by atoms with E-state index in [1.54, 1.807) is 0 Å². The van der Waals surface area contributed by atoms with E-state index in [1.807, 2.05) is 11.8 Å². The Balaban J connectivity index is 1.84. The Labute approximate surface area is 76.2 Å². The van der Waals surface area contributed by atoms with Crippen LogP contribution in [0.3, 0.4) is 0 Å². The molecule has 3 nitrogen and oxygen atoms in total. The van der Waals surface area contributed by atoms with E-state index in [2.05, 4.69) is 5.32 Å². The summed E-state index contributed by atoms with van der Waals surface area (Å²) in [6.45, 7) is 0.968. The Kier molecular flexibility index (Phi) is 2.56. The number of carbonyl (C=O) groups is 1. The highest BCUT2D eigenvalue weighted by Gasteiger charge is 2.29. The smallest absolute Gasteiger partial charge is 0.246 e. The fourth-order valence-electron chi connectivity index (χ4n) is 1.66. The number of amides is 1. The van der Waals surface area contributed by atoms with Crippen LogP contribution < -0.4 is 5.32 Å². The molecule has 4 heteroatoms. The van der Waals surface area contributed by atoms with E-state index in [0.717, 1.165) is 0 Å². The molecule has 0 bridgehead atoms. The van der Waals surface area contributed by atoms with Crippen LogP contribution in [-0.4, -0.2) is 36.7 Å². The van der Waals surface area contributed by atoms with E-state index in [9.17, 15) is 4.79 Å². The summed E-state index contributed by atoms with van der Waals surface area (Å²) >= 11 is 1.98. The zero-order chi connectivity index (χ0) is 8.39. The van der Waals surface area contributed by atoms with Crippen LogP contribution in [0.1, 0.15) is 6.42 Å². The SMILES string of the molecule is O=C1COC(C2CCSC2)CN1. The number of rotatable bonds is 1. The molecule has 1 amide bonds. The summed E-state index contributed by atoms with van der Waals surface area (Å²) in [6.07, 6.45) is 1.52. The Hall–Kier alpha value is -0.220. The van der Waals surface area contributed by atoms with E-state index in [4.69, 9.17) is 4.74 Å². The minimum atomic E-state index is 0.0249. The number of morpholine rings is 1. The highest BCUT2D eigenvalue weighted by atomic mass is 32.2. The van der Waals surface area contributed by atoms with Gasteiger partial charge in [-0.05, 0) is 23.8 Å². The van der Waals surface area contributed by atoms with E-state index < -0.39 is 0 Å². The van der Waals surface area contributed by atoms with Gasteiger partial charge < -0.3 is 10.1 Å². The summed E-state index contributed by atoms with van der Waals surface area (Å²) in [5, 5.41) is 2.84. The van der Waals surface area contributed by atoms with Crippen molar-refractivity contribution >= 4 is 17.7 Å². The molecule has 0 aromatic heterocycles. The van der Waals surface area contributed by atoms with Crippen molar-refractivity contribution < 1.29 is 9.53 Å². The maximum Gasteiger partial charge on any atom is 0.246 e. The monoisotopic (exact) mass is 187 g/mol. The Morgan fingerprint density at radius 2 is 2.50 bits per heavy atom. The molecular formula is C8H13NO2S. The molecular weight excluding hydrogens is 174 g/mol. The van der Waals surface area contributed by atoms with Crippen molar-refractivity contribution in [2.24, 2.45) is 5.92 Å². The summed E-state index contributed by atoms with van der Waals surface area (Å²) in [5.41, 5.74) is 0. The zero-order valence-corrected chi connectivity index (χ0v) is 7.73.